The molecule has 0 nitrogen and oxygen atoms in total. The Hall–Kier alpha value is -0.490. The van der Waals surface area contributed by atoms with Gasteiger partial charge in [0.2, 0.25) is 0 Å². The molecule has 1 heteroatoms. The van der Waals surface area contributed by atoms with Crippen molar-refractivity contribution in [2.45, 2.75) is 128 Å². The summed E-state index contributed by atoms with van der Waals surface area (Å²) in [5, 5.41) is 0. The number of unbranched alkanes of at least 4 members (excludes halogenated alkanes) is 12. The second-order valence-electron chi connectivity index (χ2n) is 8.60. The van der Waals surface area contributed by atoms with Crippen LogP contribution in [0.25, 0.3) is 0 Å². The first kappa shape index (κ1) is 24.5. The maximum Gasteiger partial charge on any atom is 0.0669 e. The van der Waals surface area contributed by atoms with Gasteiger partial charge in [0.1, 0.15) is 0 Å². The van der Waals surface area contributed by atoms with E-state index in [4.69, 9.17) is 11.6 Å². The Morgan fingerprint density at radius 3 is 1.74 bits per heavy atom. The summed E-state index contributed by atoms with van der Waals surface area (Å²) in [5.41, 5.74) is 2.85. The Morgan fingerprint density at radius 2 is 1.15 bits per heavy atom. The van der Waals surface area contributed by atoms with Crippen LogP contribution in [0, 0.1) is 0 Å². The smallest absolute Gasteiger partial charge is 0.0669 e. The lowest BCUT2D eigenvalue weighted by molar-refractivity contribution is 0.515. The molecule has 0 aliphatic carbocycles. The van der Waals surface area contributed by atoms with Crippen LogP contribution >= 0.6 is 11.6 Å². The molecule has 0 amide bonds. The molecule has 0 fully saturated rings. The minimum absolute atomic E-state index is 0.207. The van der Waals surface area contributed by atoms with Crippen LogP contribution in [-0.4, -0.2) is 0 Å². The molecule has 0 aromatic heterocycles. The van der Waals surface area contributed by atoms with Crippen LogP contribution in [0.1, 0.15) is 128 Å². The summed E-state index contributed by atoms with van der Waals surface area (Å²) in [6.07, 6.45) is 21.3. The molecule has 0 spiro atoms. The second-order valence-corrected chi connectivity index (χ2v) is 9.43. The number of rotatable bonds is 17. The van der Waals surface area contributed by atoms with E-state index in [2.05, 4.69) is 45.0 Å². The van der Waals surface area contributed by atoms with Crippen molar-refractivity contribution in [2.75, 3.05) is 0 Å². The van der Waals surface area contributed by atoms with Crippen LogP contribution < -0.4 is 0 Å². The van der Waals surface area contributed by atoms with Crippen molar-refractivity contribution in [3.8, 4) is 0 Å². The fraction of sp³-hybridized carbons (Fsp3) is 0.769. The Labute approximate surface area is 175 Å². The van der Waals surface area contributed by atoms with E-state index >= 15 is 0 Å². The predicted molar refractivity (Wildman–Crippen MR) is 124 cm³/mol. The fourth-order valence-electron chi connectivity index (χ4n) is 4.07. The van der Waals surface area contributed by atoms with E-state index in [9.17, 15) is 0 Å². The van der Waals surface area contributed by atoms with Gasteiger partial charge in [0.05, 0.1) is 4.87 Å². The quantitative estimate of drug-likeness (QED) is 0.183. The molecule has 1 aromatic carbocycles. The van der Waals surface area contributed by atoms with Crippen LogP contribution in [0.4, 0.5) is 0 Å². The zero-order valence-corrected chi connectivity index (χ0v) is 19.3. The van der Waals surface area contributed by atoms with Crippen molar-refractivity contribution in [3.63, 3.8) is 0 Å². The highest BCUT2D eigenvalue weighted by molar-refractivity contribution is 6.23. The van der Waals surface area contributed by atoms with Crippen molar-refractivity contribution in [1.82, 2.24) is 0 Å². The average Bonchev–Trinajstić information content (AvgIpc) is 2.67. The third kappa shape index (κ3) is 11.2. The van der Waals surface area contributed by atoms with Crippen LogP contribution in [0.15, 0.2) is 24.3 Å². The summed E-state index contributed by atoms with van der Waals surface area (Å²) in [6, 6.07) is 8.91. The molecule has 0 bridgehead atoms. The highest BCUT2D eigenvalue weighted by Gasteiger charge is 2.25. The topological polar surface area (TPSA) is 0 Å². The van der Waals surface area contributed by atoms with E-state index in [1.165, 1.54) is 107 Å². The van der Waals surface area contributed by atoms with E-state index in [-0.39, 0.29) is 4.87 Å². The fourth-order valence-corrected chi connectivity index (χ4v) is 4.39. The maximum absolute atomic E-state index is 7.03. The molecule has 27 heavy (non-hydrogen) atoms. The number of hydrogen-bond donors (Lipinski definition) is 0. The van der Waals surface area contributed by atoms with Gasteiger partial charge in [-0.2, -0.15) is 0 Å². The Balaban J connectivity index is 2.35. The van der Waals surface area contributed by atoms with E-state index in [1.54, 1.807) is 0 Å². The number of halogens is 1. The van der Waals surface area contributed by atoms with Crippen molar-refractivity contribution >= 4 is 11.6 Å². The molecule has 0 aliphatic heterocycles. The monoisotopic (exact) mass is 392 g/mol. The molecule has 0 N–H and O–H groups in total. The maximum atomic E-state index is 7.03. The van der Waals surface area contributed by atoms with Gasteiger partial charge in [0, 0.05) is 0 Å². The zero-order chi connectivity index (χ0) is 19.8. The first-order valence-electron chi connectivity index (χ1n) is 11.9. The lowest BCUT2D eigenvalue weighted by Gasteiger charge is -2.26. The molecule has 156 valence electrons. The largest absolute Gasteiger partial charge is 0.114 e. The third-order valence-corrected chi connectivity index (χ3v) is 6.27. The summed E-state index contributed by atoms with van der Waals surface area (Å²) in [5.74, 6) is 0. The summed E-state index contributed by atoms with van der Waals surface area (Å²) in [4.78, 5) is -0.207. The lowest BCUT2D eigenvalue weighted by atomic mass is 9.88. The number of aryl methyl sites for hydroxylation is 1. The molecular formula is C26H45Cl. The van der Waals surface area contributed by atoms with Gasteiger partial charge in [-0.05, 0) is 37.3 Å². The molecular weight excluding hydrogens is 348 g/mol. The molecule has 0 aliphatic rings. The molecule has 0 saturated heterocycles. The van der Waals surface area contributed by atoms with Crippen molar-refractivity contribution < 1.29 is 0 Å². The van der Waals surface area contributed by atoms with Crippen molar-refractivity contribution in [3.05, 3.63) is 35.4 Å². The summed E-state index contributed by atoms with van der Waals surface area (Å²) in [6.45, 7) is 6.80. The zero-order valence-electron chi connectivity index (χ0n) is 18.5. The predicted octanol–water partition coefficient (Wildman–Crippen LogP) is 9.57. The number of benzene rings is 1. The summed E-state index contributed by atoms with van der Waals surface area (Å²) in [7, 11) is 0. The number of alkyl halides is 1. The van der Waals surface area contributed by atoms with Gasteiger partial charge < -0.3 is 0 Å². The molecule has 0 saturated carbocycles. The van der Waals surface area contributed by atoms with Crippen molar-refractivity contribution in [1.29, 1.82) is 0 Å². The van der Waals surface area contributed by atoms with Gasteiger partial charge in [-0.15, -0.1) is 11.6 Å². The Kier molecular flexibility index (Phi) is 14.0. The van der Waals surface area contributed by atoms with Crippen molar-refractivity contribution in [2.24, 2.45) is 0 Å². The van der Waals surface area contributed by atoms with Gasteiger partial charge in [-0.25, -0.2) is 0 Å². The molecule has 1 rings (SSSR count). The minimum Gasteiger partial charge on any atom is -0.114 e. The normalized spacial score (nSPS) is 13.6. The Morgan fingerprint density at radius 1 is 0.667 bits per heavy atom. The average molecular weight is 393 g/mol. The standard InChI is InChI=1S/C26H45Cl/c1-4-6-8-10-12-13-15-19-23-26(3,27)25-22-18-17-21-24(25)20-16-14-11-9-7-5-2/h17-18,21-22H,4-16,19-20,23H2,1-3H3. The van der Waals surface area contributed by atoms with Gasteiger partial charge in [0.25, 0.3) is 0 Å². The number of hydrogen-bond acceptors (Lipinski definition) is 0. The lowest BCUT2D eigenvalue weighted by Crippen LogP contribution is -2.16. The van der Waals surface area contributed by atoms with Crippen LogP contribution in [0.2, 0.25) is 0 Å². The highest BCUT2D eigenvalue weighted by Crippen LogP contribution is 2.37. The molecule has 1 unspecified atom stereocenters. The molecule has 1 atom stereocenters. The van der Waals surface area contributed by atoms with Crippen LogP contribution in [0.5, 0.6) is 0 Å². The first-order valence-corrected chi connectivity index (χ1v) is 12.3. The minimum atomic E-state index is -0.207. The van der Waals surface area contributed by atoms with Gasteiger partial charge >= 0.3 is 0 Å². The molecule has 1 aromatic rings. The summed E-state index contributed by atoms with van der Waals surface area (Å²) >= 11 is 7.03. The third-order valence-electron chi connectivity index (χ3n) is 5.88. The molecule has 0 radical (unpaired) electrons. The van der Waals surface area contributed by atoms with E-state index < -0.39 is 0 Å². The highest BCUT2D eigenvalue weighted by atomic mass is 35.5. The van der Waals surface area contributed by atoms with Crippen LogP contribution in [-0.2, 0) is 11.3 Å². The SMILES string of the molecule is CCCCCCCCCCC(C)(Cl)c1ccccc1CCCCCCCC. The van der Waals surface area contributed by atoms with E-state index in [1.807, 2.05) is 0 Å². The Bertz CT molecular complexity index is 463. The molecule has 0 heterocycles. The van der Waals surface area contributed by atoms with Gasteiger partial charge in [-0.1, -0.05) is 122 Å². The van der Waals surface area contributed by atoms with Gasteiger partial charge in [0.15, 0.2) is 0 Å². The van der Waals surface area contributed by atoms with Crippen LogP contribution in [0.3, 0.4) is 0 Å². The van der Waals surface area contributed by atoms with E-state index in [0.717, 1.165) is 6.42 Å². The first-order chi connectivity index (χ1) is 13.1. The summed E-state index contributed by atoms with van der Waals surface area (Å²) < 4.78 is 0. The van der Waals surface area contributed by atoms with Gasteiger partial charge in [-0.3, -0.25) is 0 Å². The second kappa shape index (κ2) is 15.4. The van der Waals surface area contributed by atoms with E-state index in [0.29, 0.717) is 0 Å².